The van der Waals surface area contributed by atoms with Gasteiger partial charge in [0.15, 0.2) is 0 Å². The van der Waals surface area contributed by atoms with Crippen LogP contribution in [0.5, 0.6) is 0 Å². The van der Waals surface area contributed by atoms with Gasteiger partial charge >= 0.3 is 0 Å². The minimum absolute atomic E-state index is 0.0245. The van der Waals surface area contributed by atoms with Gasteiger partial charge in [-0.2, -0.15) is 0 Å². The number of benzene rings is 2. The highest BCUT2D eigenvalue weighted by Gasteiger charge is 2.16. The van der Waals surface area contributed by atoms with Crippen LogP contribution in [-0.4, -0.2) is 11.0 Å². The van der Waals surface area contributed by atoms with Crippen molar-refractivity contribution in [2.75, 3.05) is 0 Å². The molecular weight excluding hydrogens is 320 g/mol. The van der Waals surface area contributed by atoms with Crippen molar-refractivity contribution in [2.24, 2.45) is 0 Å². The Labute approximate surface area is 126 Å². The topological polar surface area (TPSA) is 17.1 Å². The summed E-state index contributed by atoms with van der Waals surface area (Å²) in [4.78, 5) is 12.9. The second kappa shape index (κ2) is 6.92. The Bertz CT molecular complexity index is 536. The van der Waals surface area contributed by atoms with E-state index < -0.39 is 0 Å². The number of ketones is 1. The van der Waals surface area contributed by atoms with E-state index in [2.05, 4.69) is 28.1 Å². The van der Waals surface area contributed by atoms with Gasteiger partial charge in [0.1, 0.15) is 5.78 Å². The number of thioether (sulfide) groups is 1. The lowest BCUT2D eigenvalue weighted by Gasteiger charge is -2.13. The maximum Gasteiger partial charge on any atom is 0.143 e. The van der Waals surface area contributed by atoms with Crippen molar-refractivity contribution in [3.63, 3.8) is 0 Å². The van der Waals surface area contributed by atoms with Crippen molar-refractivity contribution >= 4 is 33.5 Å². The largest absolute Gasteiger partial charge is 0.299 e. The van der Waals surface area contributed by atoms with Crippen LogP contribution in [0.1, 0.15) is 12.5 Å². The first-order valence-electron chi connectivity index (χ1n) is 6.12. The smallest absolute Gasteiger partial charge is 0.143 e. The molecule has 0 spiro atoms. The third kappa shape index (κ3) is 4.51. The summed E-state index contributed by atoms with van der Waals surface area (Å²) in [6.45, 7) is 1.67. The van der Waals surface area contributed by atoms with E-state index in [4.69, 9.17) is 0 Å². The summed E-state index contributed by atoms with van der Waals surface area (Å²) in [5.41, 5.74) is 1.20. The second-order valence-electron chi connectivity index (χ2n) is 4.36. The lowest BCUT2D eigenvalue weighted by atomic mass is 10.1. The van der Waals surface area contributed by atoms with E-state index in [0.29, 0.717) is 0 Å². The van der Waals surface area contributed by atoms with Gasteiger partial charge in [0.25, 0.3) is 0 Å². The number of Topliss-reactive ketones (excluding diaryl/α,β-unsaturated/α-hetero) is 1. The molecule has 0 fully saturated rings. The summed E-state index contributed by atoms with van der Waals surface area (Å²) in [7, 11) is 0. The highest BCUT2D eigenvalue weighted by molar-refractivity contribution is 9.10. The molecule has 0 aliphatic rings. The van der Waals surface area contributed by atoms with E-state index in [9.17, 15) is 4.79 Å². The molecule has 1 nitrogen and oxygen atoms in total. The lowest BCUT2D eigenvalue weighted by molar-refractivity contribution is -0.116. The monoisotopic (exact) mass is 334 g/mol. The molecular formula is C16H15BrOS. The number of rotatable bonds is 5. The van der Waals surface area contributed by atoms with Crippen molar-refractivity contribution in [3.05, 3.63) is 64.6 Å². The lowest BCUT2D eigenvalue weighted by Crippen LogP contribution is -2.16. The molecule has 0 aliphatic carbocycles. The summed E-state index contributed by atoms with van der Waals surface area (Å²) in [6, 6.07) is 18.2. The summed E-state index contributed by atoms with van der Waals surface area (Å²) >= 11 is 5.05. The molecule has 0 N–H and O–H groups in total. The Kier molecular flexibility index (Phi) is 5.23. The molecule has 1 atom stereocenters. The molecule has 0 aromatic heterocycles. The van der Waals surface area contributed by atoms with Crippen LogP contribution in [0.3, 0.4) is 0 Å². The average molecular weight is 335 g/mol. The molecule has 2 rings (SSSR count). The number of halogens is 1. The average Bonchev–Trinajstić information content (AvgIpc) is 2.41. The molecule has 0 heterocycles. The third-order valence-corrected chi connectivity index (χ3v) is 4.67. The Morgan fingerprint density at radius 3 is 2.32 bits per heavy atom. The van der Waals surface area contributed by atoms with Gasteiger partial charge in [-0.05, 0) is 43.2 Å². The molecule has 0 amide bonds. The molecule has 2 aromatic carbocycles. The molecule has 2 aromatic rings. The Balaban J connectivity index is 2.08. The third-order valence-electron chi connectivity index (χ3n) is 2.81. The number of hydrogen-bond acceptors (Lipinski definition) is 2. The van der Waals surface area contributed by atoms with Crippen LogP contribution in [0.15, 0.2) is 64.0 Å². The first kappa shape index (κ1) is 14.4. The van der Waals surface area contributed by atoms with Gasteiger partial charge in [-0.3, -0.25) is 4.79 Å². The van der Waals surface area contributed by atoms with Crippen LogP contribution in [0.25, 0.3) is 0 Å². The molecule has 3 heteroatoms. The van der Waals surface area contributed by atoms with Crippen LogP contribution < -0.4 is 0 Å². The van der Waals surface area contributed by atoms with Crippen molar-refractivity contribution in [1.29, 1.82) is 0 Å². The second-order valence-corrected chi connectivity index (χ2v) is 6.55. The number of hydrogen-bond donors (Lipinski definition) is 0. The highest BCUT2D eigenvalue weighted by atomic mass is 79.9. The van der Waals surface area contributed by atoms with E-state index in [1.807, 2.05) is 42.5 Å². The maximum atomic E-state index is 11.8. The van der Waals surface area contributed by atoms with Gasteiger partial charge in [0, 0.05) is 9.37 Å². The predicted octanol–water partition coefficient (Wildman–Crippen LogP) is 4.74. The molecule has 19 heavy (non-hydrogen) atoms. The first-order valence-corrected chi connectivity index (χ1v) is 7.79. The van der Waals surface area contributed by atoms with E-state index in [-0.39, 0.29) is 11.0 Å². The van der Waals surface area contributed by atoms with E-state index >= 15 is 0 Å². The zero-order valence-electron chi connectivity index (χ0n) is 10.7. The number of carbonyl (C=O) groups excluding carboxylic acids is 1. The normalized spacial score (nSPS) is 12.1. The van der Waals surface area contributed by atoms with Gasteiger partial charge in [-0.25, -0.2) is 0 Å². The number of carbonyl (C=O) groups is 1. The highest BCUT2D eigenvalue weighted by Crippen LogP contribution is 2.27. The minimum Gasteiger partial charge on any atom is -0.299 e. The SMILES string of the molecule is CC(=O)C(Cc1ccccc1)Sc1ccc(Br)cc1. The van der Waals surface area contributed by atoms with Crippen molar-refractivity contribution < 1.29 is 4.79 Å². The quantitative estimate of drug-likeness (QED) is 0.734. The molecule has 0 saturated carbocycles. The van der Waals surface area contributed by atoms with Crippen LogP contribution in [0.4, 0.5) is 0 Å². The fourth-order valence-electron chi connectivity index (χ4n) is 1.77. The van der Waals surface area contributed by atoms with Gasteiger partial charge in [0.2, 0.25) is 0 Å². The van der Waals surface area contributed by atoms with Gasteiger partial charge < -0.3 is 0 Å². The molecule has 0 saturated heterocycles. The van der Waals surface area contributed by atoms with E-state index in [1.165, 1.54) is 5.56 Å². The predicted molar refractivity (Wildman–Crippen MR) is 84.6 cm³/mol. The van der Waals surface area contributed by atoms with Crippen LogP contribution in [0, 0.1) is 0 Å². The minimum atomic E-state index is -0.0245. The Hall–Kier alpha value is -1.06. The van der Waals surface area contributed by atoms with Crippen LogP contribution in [0.2, 0.25) is 0 Å². The summed E-state index contributed by atoms with van der Waals surface area (Å²) in [5.74, 6) is 0.219. The summed E-state index contributed by atoms with van der Waals surface area (Å²) < 4.78 is 1.05. The molecule has 0 aliphatic heterocycles. The molecule has 1 unspecified atom stereocenters. The van der Waals surface area contributed by atoms with Crippen molar-refractivity contribution in [2.45, 2.75) is 23.5 Å². The van der Waals surface area contributed by atoms with Crippen LogP contribution in [-0.2, 0) is 11.2 Å². The fraction of sp³-hybridized carbons (Fsp3) is 0.188. The van der Waals surface area contributed by atoms with Gasteiger partial charge in [-0.15, -0.1) is 11.8 Å². The standard InChI is InChI=1S/C16H15BrOS/c1-12(18)16(11-13-5-3-2-4-6-13)19-15-9-7-14(17)8-10-15/h2-10,16H,11H2,1H3. The van der Waals surface area contributed by atoms with E-state index in [0.717, 1.165) is 15.8 Å². The van der Waals surface area contributed by atoms with E-state index in [1.54, 1.807) is 18.7 Å². The fourth-order valence-corrected chi connectivity index (χ4v) is 3.10. The van der Waals surface area contributed by atoms with Crippen molar-refractivity contribution in [1.82, 2.24) is 0 Å². The van der Waals surface area contributed by atoms with Gasteiger partial charge in [-0.1, -0.05) is 46.3 Å². The molecule has 0 bridgehead atoms. The Morgan fingerprint density at radius 1 is 1.11 bits per heavy atom. The Morgan fingerprint density at radius 2 is 1.74 bits per heavy atom. The molecule has 0 radical (unpaired) electrons. The van der Waals surface area contributed by atoms with Crippen LogP contribution >= 0.6 is 27.7 Å². The zero-order chi connectivity index (χ0) is 13.7. The maximum absolute atomic E-state index is 11.8. The summed E-state index contributed by atoms with van der Waals surface area (Å²) in [5, 5.41) is -0.0245. The summed E-state index contributed by atoms with van der Waals surface area (Å²) in [6.07, 6.45) is 0.775. The first-order chi connectivity index (χ1) is 9.15. The van der Waals surface area contributed by atoms with Crippen molar-refractivity contribution in [3.8, 4) is 0 Å². The molecule has 98 valence electrons. The van der Waals surface area contributed by atoms with Gasteiger partial charge in [0.05, 0.1) is 5.25 Å². The zero-order valence-corrected chi connectivity index (χ0v) is 13.1.